The van der Waals surface area contributed by atoms with Gasteiger partial charge in [-0.05, 0) is 34.3 Å². The van der Waals surface area contributed by atoms with Gasteiger partial charge in [0.25, 0.3) is 8.32 Å². The second-order valence-electron chi connectivity index (χ2n) is 9.77. The van der Waals surface area contributed by atoms with Gasteiger partial charge in [-0.3, -0.25) is 4.79 Å². The average Bonchev–Trinajstić information content (AvgIpc) is 3.53. The maximum Gasteiger partial charge on any atom is 0.261 e. The lowest BCUT2D eigenvalue weighted by Crippen LogP contribution is -2.66. The molecule has 3 aromatic rings. The maximum absolute atomic E-state index is 11.5. The molecule has 164 valence electrons. The predicted octanol–water partition coefficient (Wildman–Crippen LogP) is 5.87. The Morgan fingerprint density at radius 1 is 0.906 bits per heavy atom. The first-order valence-corrected chi connectivity index (χ1v) is 13.3. The molecule has 0 unspecified atom stereocenters. The molecule has 0 bridgehead atoms. The van der Waals surface area contributed by atoms with Crippen molar-refractivity contribution in [3.05, 3.63) is 102 Å². The maximum atomic E-state index is 11.5. The Kier molecular flexibility index (Phi) is 6.32. The van der Waals surface area contributed by atoms with Gasteiger partial charge in [0.2, 0.25) is 0 Å². The molecule has 3 heteroatoms. The van der Waals surface area contributed by atoms with Crippen LogP contribution in [0, 0.1) is 5.92 Å². The van der Waals surface area contributed by atoms with Crippen molar-refractivity contribution in [3.63, 3.8) is 0 Å². The largest absolute Gasteiger partial charge is 0.407 e. The van der Waals surface area contributed by atoms with E-state index in [1.165, 1.54) is 15.9 Å². The molecule has 0 N–H and O–H groups in total. The number of benzene rings is 3. The van der Waals surface area contributed by atoms with Crippen molar-refractivity contribution < 1.29 is 9.22 Å². The fraction of sp³-hybridized carbons (Fsp3) is 0.276. The third kappa shape index (κ3) is 4.55. The molecule has 1 aliphatic carbocycles. The molecule has 0 amide bonds. The molecule has 1 atom stereocenters. The third-order valence-corrected chi connectivity index (χ3v) is 11.4. The van der Waals surface area contributed by atoms with Gasteiger partial charge in [-0.1, -0.05) is 117 Å². The summed E-state index contributed by atoms with van der Waals surface area (Å²) in [5.41, 5.74) is 3.34. The van der Waals surface area contributed by atoms with Gasteiger partial charge < -0.3 is 4.43 Å². The van der Waals surface area contributed by atoms with Crippen LogP contribution in [0.15, 0.2) is 90.5 Å². The first kappa shape index (κ1) is 22.4. The van der Waals surface area contributed by atoms with Crippen LogP contribution in [0.4, 0.5) is 0 Å². The standard InChI is InChI=1S/C29H32O2Si/c1-22(30)24-17-15-23(16-18-24)19-25-20-26(25)21-31-32(29(2,3)4,27-11-7-5-8-12-27)28-13-9-6-10-14-28/h5-19,26H,20-21H2,1-4H3/b25-19-/t26-/m0/s1. The Bertz CT molecular complexity index is 1050. The van der Waals surface area contributed by atoms with Crippen molar-refractivity contribution in [2.45, 2.75) is 39.2 Å². The minimum absolute atomic E-state index is 0.00298. The van der Waals surface area contributed by atoms with Crippen molar-refractivity contribution in [2.24, 2.45) is 5.92 Å². The monoisotopic (exact) mass is 440 g/mol. The van der Waals surface area contributed by atoms with Crippen molar-refractivity contribution in [2.75, 3.05) is 6.61 Å². The number of Topliss-reactive ketones (excluding diaryl/α,β-unsaturated/α-hetero) is 1. The van der Waals surface area contributed by atoms with Crippen LogP contribution < -0.4 is 10.4 Å². The highest BCUT2D eigenvalue weighted by atomic mass is 28.4. The predicted molar refractivity (Wildman–Crippen MR) is 136 cm³/mol. The minimum Gasteiger partial charge on any atom is -0.407 e. The summed E-state index contributed by atoms with van der Waals surface area (Å²) in [5.74, 6) is 0.566. The lowest BCUT2D eigenvalue weighted by atomic mass is 10.1. The molecule has 4 rings (SSSR count). The van der Waals surface area contributed by atoms with E-state index in [1.54, 1.807) is 6.92 Å². The Balaban J connectivity index is 1.59. The van der Waals surface area contributed by atoms with Crippen molar-refractivity contribution in [3.8, 4) is 0 Å². The van der Waals surface area contributed by atoms with Crippen molar-refractivity contribution >= 4 is 30.6 Å². The van der Waals surface area contributed by atoms with Crippen LogP contribution in [0.1, 0.15) is 50.0 Å². The van der Waals surface area contributed by atoms with Gasteiger partial charge in [0.05, 0.1) is 0 Å². The molecule has 0 aromatic heterocycles. The fourth-order valence-electron chi connectivity index (χ4n) is 4.58. The van der Waals surface area contributed by atoms with E-state index in [0.717, 1.165) is 24.2 Å². The van der Waals surface area contributed by atoms with E-state index in [4.69, 9.17) is 4.43 Å². The molecule has 0 radical (unpaired) electrons. The summed E-state index contributed by atoms with van der Waals surface area (Å²) >= 11 is 0. The molecule has 1 saturated carbocycles. The molecule has 1 aliphatic rings. The van der Waals surface area contributed by atoms with Crippen LogP contribution >= 0.6 is 0 Å². The zero-order valence-corrected chi connectivity index (χ0v) is 20.5. The lowest BCUT2D eigenvalue weighted by molar-refractivity contribution is 0.101. The minimum atomic E-state index is -2.48. The van der Waals surface area contributed by atoms with Gasteiger partial charge >= 0.3 is 0 Å². The molecule has 32 heavy (non-hydrogen) atoms. The lowest BCUT2D eigenvalue weighted by Gasteiger charge is -2.43. The van der Waals surface area contributed by atoms with Crippen LogP contribution in [0.3, 0.4) is 0 Å². The quantitative estimate of drug-likeness (QED) is 0.339. The highest BCUT2D eigenvalue weighted by molar-refractivity contribution is 6.99. The van der Waals surface area contributed by atoms with Crippen LogP contribution in [0.5, 0.6) is 0 Å². The van der Waals surface area contributed by atoms with Gasteiger partial charge in [0.15, 0.2) is 5.78 Å². The molecule has 1 fully saturated rings. The summed E-state index contributed by atoms with van der Waals surface area (Å²) in [6.45, 7) is 9.30. The summed E-state index contributed by atoms with van der Waals surface area (Å²) in [6, 6.07) is 29.5. The highest BCUT2D eigenvalue weighted by Crippen LogP contribution is 2.43. The Morgan fingerprint density at radius 2 is 1.44 bits per heavy atom. The second kappa shape index (κ2) is 9.01. The number of ketones is 1. The number of carbonyl (C=O) groups is 1. The van der Waals surface area contributed by atoms with Gasteiger partial charge in [-0.15, -0.1) is 0 Å². The van der Waals surface area contributed by atoms with Gasteiger partial charge in [0.1, 0.15) is 0 Å². The van der Waals surface area contributed by atoms with Crippen molar-refractivity contribution in [1.29, 1.82) is 0 Å². The van der Waals surface area contributed by atoms with Gasteiger partial charge in [-0.2, -0.15) is 0 Å². The first-order chi connectivity index (χ1) is 15.3. The van der Waals surface area contributed by atoms with E-state index in [-0.39, 0.29) is 10.8 Å². The highest BCUT2D eigenvalue weighted by Gasteiger charge is 2.51. The van der Waals surface area contributed by atoms with Crippen LogP contribution in [0.2, 0.25) is 5.04 Å². The van der Waals surface area contributed by atoms with E-state index in [1.807, 2.05) is 24.3 Å². The molecule has 2 nitrogen and oxygen atoms in total. The molecule has 0 spiro atoms. The van der Waals surface area contributed by atoms with Crippen molar-refractivity contribution in [1.82, 2.24) is 0 Å². The Morgan fingerprint density at radius 3 is 1.91 bits per heavy atom. The summed E-state index contributed by atoms with van der Waals surface area (Å²) in [4.78, 5) is 11.5. The molecule has 3 aromatic carbocycles. The van der Waals surface area contributed by atoms with E-state index in [0.29, 0.717) is 5.92 Å². The SMILES string of the molecule is CC(=O)c1ccc(/C=C2/C[C@H]2CO[Si](c2ccccc2)(c2ccccc2)C(C)(C)C)cc1. The molecular weight excluding hydrogens is 408 g/mol. The van der Waals surface area contributed by atoms with Crippen LogP contribution in [-0.2, 0) is 4.43 Å². The van der Waals surface area contributed by atoms with E-state index in [2.05, 4.69) is 87.5 Å². The summed E-state index contributed by atoms with van der Waals surface area (Å²) < 4.78 is 7.06. The number of hydrogen-bond donors (Lipinski definition) is 0. The van der Waals surface area contributed by atoms with E-state index in [9.17, 15) is 4.79 Å². The molecule has 0 heterocycles. The molecule has 0 saturated heterocycles. The van der Waals surface area contributed by atoms with E-state index >= 15 is 0 Å². The molecule has 0 aliphatic heterocycles. The summed E-state index contributed by atoms with van der Waals surface area (Å²) in [5, 5.41) is 2.64. The normalized spacial score (nSPS) is 17.4. The Labute approximate surface area is 193 Å². The smallest absolute Gasteiger partial charge is 0.261 e. The summed E-state index contributed by atoms with van der Waals surface area (Å²) in [7, 11) is -2.48. The van der Waals surface area contributed by atoms with Gasteiger partial charge in [0, 0.05) is 18.1 Å². The Hall–Kier alpha value is -2.75. The van der Waals surface area contributed by atoms with E-state index < -0.39 is 8.32 Å². The fourth-order valence-corrected chi connectivity index (χ4v) is 9.19. The second-order valence-corrected chi connectivity index (χ2v) is 14.1. The molecular formula is C29H32O2Si. The topological polar surface area (TPSA) is 26.3 Å². The first-order valence-electron chi connectivity index (χ1n) is 11.4. The van der Waals surface area contributed by atoms with Crippen LogP contribution in [0.25, 0.3) is 6.08 Å². The summed E-state index contributed by atoms with van der Waals surface area (Å²) in [6.07, 6.45) is 3.33. The zero-order valence-electron chi connectivity index (χ0n) is 19.5. The third-order valence-electron chi connectivity index (χ3n) is 6.43. The van der Waals surface area contributed by atoms with Gasteiger partial charge in [-0.25, -0.2) is 0 Å². The number of rotatable bonds is 7. The van der Waals surface area contributed by atoms with Crippen LogP contribution in [-0.4, -0.2) is 20.7 Å². The average molecular weight is 441 g/mol. The number of carbonyl (C=O) groups excluding carboxylic acids is 1. The zero-order chi connectivity index (χ0) is 22.8. The number of hydrogen-bond acceptors (Lipinski definition) is 2.